The van der Waals surface area contributed by atoms with Gasteiger partial charge in [0, 0.05) is 21.8 Å². The molecule has 1 aromatic heterocycles. The third-order valence-corrected chi connectivity index (χ3v) is 10.6. The molecule has 8 aromatic carbocycles. The number of benzene rings is 8. The van der Waals surface area contributed by atoms with Crippen molar-refractivity contribution < 1.29 is 4.42 Å². The normalized spacial score (nSPS) is 13.1. The van der Waals surface area contributed by atoms with Gasteiger partial charge in [-0.05, 0) is 76.0 Å². The van der Waals surface area contributed by atoms with Gasteiger partial charge in [-0.2, -0.15) is 0 Å². The van der Waals surface area contributed by atoms with Crippen LogP contribution in [0, 0.1) is 6.92 Å². The van der Waals surface area contributed by atoms with Crippen LogP contribution in [-0.4, -0.2) is 0 Å². The van der Waals surface area contributed by atoms with E-state index in [4.69, 9.17) is 4.42 Å². The van der Waals surface area contributed by atoms with Crippen LogP contribution in [0.25, 0.3) is 43.8 Å². The highest BCUT2D eigenvalue weighted by molar-refractivity contribution is 6.14. The number of para-hydroxylation sites is 2. The van der Waals surface area contributed by atoms with Crippen molar-refractivity contribution in [3.05, 3.63) is 210 Å². The molecule has 0 unspecified atom stereocenters. The second-order valence-electron chi connectivity index (χ2n) is 13.3. The Labute approximate surface area is 291 Å². The number of hydrogen-bond acceptors (Lipinski definition) is 2. The fourth-order valence-electron chi connectivity index (χ4n) is 8.48. The van der Waals surface area contributed by atoms with E-state index < -0.39 is 5.41 Å². The topological polar surface area (TPSA) is 16.4 Å². The molecule has 9 aromatic rings. The lowest BCUT2D eigenvalue weighted by molar-refractivity contribution is 0.669. The van der Waals surface area contributed by atoms with Gasteiger partial charge in [0.2, 0.25) is 0 Å². The van der Waals surface area contributed by atoms with Crippen LogP contribution in [0.3, 0.4) is 0 Å². The molecule has 1 heterocycles. The lowest BCUT2D eigenvalue weighted by Crippen LogP contribution is -2.28. The van der Waals surface area contributed by atoms with Gasteiger partial charge in [-0.25, -0.2) is 0 Å². The summed E-state index contributed by atoms with van der Waals surface area (Å²) in [7, 11) is 0. The largest absolute Gasteiger partial charge is 0.454 e. The van der Waals surface area contributed by atoms with Gasteiger partial charge in [0.15, 0.2) is 5.58 Å². The molecule has 0 saturated carbocycles. The van der Waals surface area contributed by atoms with Crippen molar-refractivity contribution in [3.8, 4) is 11.1 Å². The van der Waals surface area contributed by atoms with Crippen LogP contribution < -0.4 is 4.90 Å². The molecule has 0 radical (unpaired) electrons. The average molecular weight is 640 g/mol. The third kappa shape index (κ3) is 4.02. The highest BCUT2D eigenvalue weighted by atomic mass is 16.3. The molecule has 0 amide bonds. The molecule has 2 nitrogen and oxygen atoms in total. The third-order valence-electron chi connectivity index (χ3n) is 10.6. The first-order chi connectivity index (χ1) is 24.7. The Hall–Kier alpha value is -6.38. The Morgan fingerprint density at radius 3 is 1.80 bits per heavy atom. The van der Waals surface area contributed by atoms with Crippen LogP contribution in [-0.2, 0) is 5.41 Å². The average Bonchev–Trinajstić information content (AvgIpc) is 3.71. The van der Waals surface area contributed by atoms with Crippen molar-refractivity contribution in [2.75, 3.05) is 4.90 Å². The number of anilines is 3. The second-order valence-corrected chi connectivity index (χ2v) is 13.3. The summed E-state index contributed by atoms with van der Waals surface area (Å²) in [5.41, 5.74) is 13.3. The molecule has 0 saturated heterocycles. The first-order valence-electron chi connectivity index (χ1n) is 17.3. The predicted molar refractivity (Wildman–Crippen MR) is 208 cm³/mol. The standard InChI is InChI=1S/C48H33NO/c1-32-27-29-35(30-28-32)49(43-25-14-23-39-37-20-11-13-26-45(37)50-47(39)43)44-31-42-46(38-21-9-8-19-36(38)44)40-22-10-12-24-41(40)48(42,33-15-4-2-5-16-33)34-17-6-3-7-18-34/h2-31H,1H3. The Balaban J connectivity index is 1.37. The molecule has 10 rings (SSSR count). The highest BCUT2D eigenvalue weighted by Gasteiger charge is 2.47. The molecule has 0 atom stereocenters. The van der Waals surface area contributed by atoms with E-state index in [0.29, 0.717) is 0 Å². The summed E-state index contributed by atoms with van der Waals surface area (Å²) in [6, 6.07) is 66.2. The van der Waals surface area contributed by atoms with Crippen molar-refractivity contribution in [2.24, 2.45) is 0 Å². The fraction of sp³-hybridized carbons (Fsp3) is 0.0417. The van der Waals surface area contributed by atoms with Gasteiger partial charge in [0.1, 0.15) is 5.58 Å². The van der Waals surface area contributed by atoms with E-state index in [0.717, 1.165) is 39.0 Å². The van der Waals surface area contributed by atoms with E-state index in [2.05, 4.69) is 188 Å². The molecular weight excluding hydrogens is 607 g/mol. The van der Waals surface area contributed by atoms with Crippen LogP contribution >= 0.6 is 0 Å². The van der Waals surface area contributed by atoms with Gasteiger partial charge in [-0.3, -0.25) is 0 Å². The van der Waals surface area contributed by atoms with Gasteiger partial charge >= 0.3 is 0 Å². The molecule has 0 aliphatic heterocycles. The van der Waals surface area contributed by atoms with Gasteiger partial charge in [-0.15, -0.1) is 0 Å². The Morgan fingerprint density at radius 1 is 0.460 bits per heavy atom. The van der Waals surface area contributed by atoms with Gasteiger partial charge in [0.05, 0.1) is 16.8 Å². The summed E-state index contributed by atoms with van der Waals surface area (Å²) in [5.74, 6) is 0. The summed E-state index contributed by atoms with van der Waals surface area (Å²) in [5, 5.41) is 4.65. The molecule has 1 aliphatic carbocycles. The molecule has 0 bridgehead atoms. The quantitative estimate of drug-likeness (QED) is 0.186. The zero-order valence-electron chi connectivity index (χ0n) is 27.7. The maximum absolute atomic E-state index is 6.72. The van der Waals surface area contributed by atoms with Crippen molar-refractivity contribution in [2.45, 2.75) is 12.3 Å². The Kier molecular flexibility index (Phi) is 6.34. The zero-order chi connectivity index (χ0) is 33.2. The van der Waals surface area contributed by atoms with E-state index in [1.54, 1.807) is 0 Å². The van der Waals surface area contributed by atoms with Crippen LogP contribution in [0.4, 0.5) is 17.1 Å². The molecule has 2 heteroatoms. The molecule has 0 fully saturated rings. The lowest BCUT2D eigenvalue weighted by Gasteiger charge is -2.35. The van der Waals surface area contributed by atoms with Crippen LogP contribution in [0.15, 0.2) is 186 Å². The van der Waals surface area contributed by atoms with Crippen LogP contribution in [0.1, 0.15) is 27.8 Å². The number of aryl methyl sites for hydroxylation is 1. The summed E-state index contributed by atoms with van der Waals surface area (Å²) in [4.78, 5) is 2.41. The number of nitrogens with zero attached hydrogens (tertiary/aromatic N) is 1. The smallest absolute Gasteiger partial charge is 0.159 e. The van der Waals surface area contributed by atoms with E-state index in [9.17, 15) is 0 Å². The number of rotatable bonds is 5. The van der Waals surface area contributed by atoms with Crippen molar-refractivity contribution in [1.82, 2.24) is 0 Å². The van der Waals surface area contributed by atoms with Gasteiger partial charge in [-0.1, -0.05) is 157 Å². The zero-order valence-corrected chi connectivity index (χ0v) is 27.7. The van der Waals surface area contributed by atoms with Gasteiger partial charge < -0.3 is 9.32 Å². The highest BCUT2D eigenvalue weighted by Crippen LogP contribution is 2.60. The minimum atomic E-state index is -0.530. The molecule has 50 heavy (non-hydrogen) atoms. The molecule has 1 aliphatic rings. The first-order valence-corrected chi connectivity index (χ1v) is 17.3. The second kappa shape index (κ2) is 11.1. The van der Waals surface area contributed by atoms with Gasteiger partial charge in [0.25, 0.3) is 0 Å². The molecule has 0 spiro atoms. The number of fused-ring (bicyclic) bond motifs is 8. The lowest BCUT2D eigenvalue weighted by atomic mass is 9.67. The number of hydrogen-bond donors (Lipinski definition) is 0. The monoisotopic (exact) mass is 639 g/mol. The fourth-order valence-corrected chi connectivity index (χ4v) is 8.48. The summed E-state index contributed by atoms with van der Waals surface area (Å²) in [6.45, 7) is 2.14. The minimum absolute atomic E-state index is 0.530. The van der Waals surface area contributed by atoms with Crippen LogP contribution in [0.2, 0.25) is 0 Å². The maximum Gasteiger partial charge on any atom is 0.159 e. The Bertz CT molecular complexity index is 2670. The summed E-state index contributed by atoms with van der Waals surface area (Å²) < 4.78 is 6.72. The first kappa shape index (κ1) is 28.6. The SMILES string of the molecule is Cc1ccc(N(c2cc3c(c4ccccc24)-c2ccccc2C3(c2ccccc2)c2ccccc2)c2cccc3c2oc2ccccc23)cc1. The molecule has 236 valence electrons. The minimum Gasteiger partial charge on any atom is -0.454 e. The van der Waals surface area contributed by atoms with E-state index in [-0.39, 0.29) is 0 Å². The number of furan rings is 1. The van der Waals surface area contributed by atoms with E-state index >= 15 is 0 Å². The van der Waals surface area contributed by atoms with Crippen molar-refractivity contribution >= 4 is 49.8 Å². The van der Waals surface area contributed by atoms with E-state index in [1.807, 2.05) is 6.07 Å². The molecular formula is C48H33NO. The predicted octanol–water partition coefficient (Wildman–Crippen LogP) is 12.9. The molecule has 0 N–H and O–H groups in total. The summed E-state index contributed by atoms with van der Waals surface area (Å²) in [6.07, 6.45) is 0. The summed E-state index contributed by atoms with van der Waals surface area (Å²) >= 11 is 0. The van der Waals surface area contributed by atoms with E-state index in [1.165, 1.54) is 49.7 Å². The van der Waals surface area contributed by atoms with Crippen molar-refractivity contribution in [1.29, 1.82) is 0 Å². The maximum atomic E-state index is 6.72. The van der Waals surface area contributed by atoms with Crippen molar-refractivity contribution in [3.63, 3.8) is 0 Å². The Morgan fingerprint density at radius 2 is 1.06 bits per heavy atom. The van der Waals surface area contributed by atoms with Crippen LogP contribution in [0.5, 0.6) is 0 Å².